The van der Waals surface area contributed by atoms with Gasteiger partial charge in [-0.25, -0.2) is 0 Å². The van der Waals surface area contributed by atoms with E-state index in [1.807, 2.05) is 39.8 Å². The summed E-state index contributed by atoms with van der Waals surface area (Å²) in [4.78, 5) is 3.09. The van der Waals surface area contributed by atoms with Crippen LogP contribution in [0.15, 0.2) is 18.3 Å². The van der Waals surface area contributed by atoms with E-state index in [0.717, 1.165) is 16.4 Å². The first-order valence-corrected chi connectivity index (χ1v) is 7.91. The maximum Gasteiger partial charge on any atom is 0.496 e. The summed E-state index contributed by atoms with van der Waals surface area (Å²) < 4.78 is 17.1. The zero-order valence-electron chi connectivity index (χ0n) is 13.9. The summed E-state index contributed by atoms with van der Waals surface area (Å²) in [5, 5.41) is 11.3. The molecule has 0 amide bonds. The fraction of sp³-hybridized carbons (Fsp3) is 0.500. The number of H-pyrrole nitrogens is 1. The minimum atomic E-state index is -1.00. The number of rotatable bonds is 3. The summed E-state index contributed by atoms with van der Waals surface area (Å²) in [7, 11) is 0.897. The lowest BCUT2D eigenvalue weighted by molar-refractivity contribution is -0.0758. The van der Waals surface area contributed by atoms with Crippen molar-refractivity contribution in [1.29, 1.82) is 0 Å². The predicted octanol–water partition coefficient (Wildman–Crippen LogP) is 2.76. The Morgan fingerprint density at radius 3 is 2.39 bits per heavy atom. The van der Waals surface area contributed by atoms with Crippen LogP contribution < -0.4 is 5.46 Å². The second-order valence-corrected chi connectivity index (χ2v) is 7.25. The molecule has 7 heteroatoms. The molecule has 1 saturated heterocycles. The van der Waals surface area contributed by atoms with Crippen molar-refractivity contribution in [3.8, 4) is 0 Å². The SMILES string of the molecule is COC(O)c1c[nH]c2cc(Cl)c(B3OC(C)(C)C(C)(C)O3)cc12. The molecule has 23 heavy (non-hydrogen) atoms. The predicted molar refractivity (Wildman–Crippen MR) is 91.0 cm³/mol. The summed E-state index contributed by atoms with van der Waals surface area (Å²) in [6.07, 6.45) is 0.708. The van der Waals surface area contributed by atoms with Crippen LogP contribution in [0.2, 0.25) is 5.02 Å². The van der Waals surface area contributed by atoms with Gasteiger partial charge in [0, 0.05) is 40.3 Å². The normalized spacial score (nSPS) is 21.1. The van der Waals surface area contributed by atoms with Gasteiger partial charge < -0.3 is 24.1 Å². The topological polar surface area (TPSA) is 63.7 Å². The standard InChI is InChI=1S/C16H21BClNO4/c1-15(2)16(3,4)23-17(22-15)11-6-9-10(14(20)21-5)8-19-13(9)7-12(11)18/h6-8,14,19-20H,1-5H3. The molecule has 0 spiro atoms. The van der Waals surface area contributed by atoms with E-state index in [1.165, 1.54) is 7.11 Å². The summed E-state index contributed by atoms with van der Waals surface area (Å²) in [5.74, 6) is 0. The van der Waals surface area contributed by atoms with Crippen LogP contribution in [0.4, 0.5) is 0 Å². The largest absolute Gasteiger partial charge is 0.496 e. The van der Waals surface area contributed by atoms with Crippen molar-refractivity contribution in [1.82, 2.24) is 4.98 Å². The Morgan fingerprint density at radius 2 is 1.83 bits per heavy atom. The van der Waals surface area contributed by atoms with Crippen molar-refractivity contribution in [2.24, 2.45) is 0 Å². The summed E-state index contributed by atoms with van der Waals surface area (Å²) in [6, 6.07) is 3.69. The average Bonchev–Trinajstić information content (AvgIpc) is 2.95. The van der Waals surface area contributed by atoms with Gasteiger partial charge in [0.15, 0.2) is 6.29 Å². The van der Waals surface area contributed by atoms with Gasteiger partial charge in [-0.3, -0.25) is 0 Å². The number of nitrogens with one attached hydrogen (secondary N) is 1. The lowest BCUT2D eigenvalue weighted by atomic mass is 9.78. The molecule has 0 saturated carbocycles. The molecule has 1 aromatic heterocycles. The Labute approximate surface area is 141 Å². The van der Waals surface area contributed by atoms with Crippen molar-refractivity contribution in [2.45, 2.75) is 45.2 Å². The summed E-state index contributed by atoms with van der Waals surface area (Å²) in [5.41, 5.74) is 1.33. The van der Waals surface area contributed by atoms with Crippen molar-refractivity contribution in [2.75, 3.05) is 7.11 Å². The molecule has 1 fully saturated rings. The number of benzene rings is 1. The number of hydrogen-bond acceptors (Lipinski definition) is 4. The van der Waals surface area contributed by atoms with Gasteiger partial charge in [-0.05, 0) is 33.8 Å². The molecule has 5 nitrogen and oxygen atoms in total. The minimum Gasteiger partial charge on any atom is -0.399 e. The van der Waals surface area contributed by atoms with Gasteiger partial charge in [-0.2, -0.15) is 0 Å². The number of aliphatic hydroxyl groups excluding tert-OH is 1. The molecule has 3 rings (SSSR count). The molecule has 2 aromatic rings. The van der Waals surface area contributed by atoms with Crippen LogP contribution in [0.5, 0.6) is 0 Å². The van der Waals surface area contributed by atoms with Crippen LogP contribution in [0, 0.1) is 0 Å². The highest BCUT2D eigenvalue weighted by Crippen LogP contribution is 2.37. The monoisotopic (exact) mass is 337 g/mol. The van der Waals surface area contributed by atoms with Gasteiger partial charge in [-0.1, -0.05) is 17.7 Å². The fourth-order valence-electron chi connectivity index (χ4n) is 2.66. The van der Waals surface area contributed by atoms with E-state index in [9.17, 15) is 5.11 Å². The Balaban J connectivity index is 2.07. The first-order valence-electron chi connectivity index (χ1n) is 7.53. The maximum absolute atomic E-state index is 9.97. The second kappa shape index (κ2) is 5.50. The van der Waals surface area contributed by atoms with Crippen molar-refractivity contribution in [3.05, 3.63) is 28.9 Å². The number of fused-ring (bicyclic) bond motifs is 1. The lowest BCUT2D eigenvalue weighted by Crippen LogP contribution is -2.41. The molecule has 2 N–H and O–H groups in total. The number of hydrogen-bond donors (Lipinski definition) is 2. The number of ether oxygens (including phenoxy) is 1. The Morgan fingerprint density at radius 1 is 1.22 bits per heavy atom. The second-order valence-electron chi connectivity index (χ2n) is 6.84. The third-order valence-electron chi connectivity index (χ3n) is 4.83. The molecule has 1 atom stereocenters. The smallest absolute Gasteiger partial charge is 0.399 e. The first kappa shape index (κ1) is 16.8. The molecule has 1 aliphatic heterocycles. The van der Waals surface area contributed by atoms with Gasteiger partial charge in [0.1, 0.15) is 0 Å². The van der Waals surface area contributed by atoms with Gasteiger partial charge in [0.25, 0.3) is 0 Å². The molecular formula is C16H21BClNO4. The molecule has 0 radical (unpaired) electrons. The molecule has 124 valence electrons. The number of aliphatic hydroxyl groups is 1. The summed E-state index contributed by atoms with van der Waals surface area (Å²) >= 11 is 6.42. The van der Waals surface area contributed by atoms with E-state index in [0.29, 0.717) is 10.6 Å². The van der Waals surface area contributed by atoms with Crippen molar-refractivity contribution in [3.63, 3.8) is 0 Å². The average molecular weight is 338 g/mol. The molecule has 1 aliphatic rings. The van der Waals surface area contributed by atoms with Gasteiger partial charge in [-0.15, -0.1) is 0 Å². The number of aromatic nitrogens is 1. The van der Waals surface area contributed by atoms with Crippen LogP contribution in [0.25, 0.3) is 10.9 Å². The third-order valence-corrected chi connectivity index (χ3v) is 5.15. The van der Waals surface area contributed by atoms with E-state index in [-0.39, 0.29) is 0 Å². The van der Waals surface area contributed by atoms with Crippen molar-refractivity contribution >= 4 is 35.1 Å². The highest BCUT2D eigenvalue weighted by molar-refractivity contribution is 6.66. The quantitative estimate of drug-likeness (QED) is 0.668. The van der Waals surface area contributed by atoms with Crippen LogP contribution in [-0.2, 0) is 14.0 Å². The zero-order chi connectivity index (χ0) is 17.0. The van der Waals surface area contributed by atoms with Gasteiger partial charge in [0.2, 0.25) is 0 Å². The van der Waals surface area contributed by atoms with E-state index >= 15 is 0 Å². The Bertz CT molecular complexity index is 727. The Kier molecular flexibility index (Phi) is 4.02. The van der Waals surface area contributed by atoms with Gasteiger partial charge >= 0.3 is 7.12 Å². The molecule has 0 bridgehead atoms. The fourth-order valence-corrected chi connectivity index (χ4v) is 2.92. The zero-order valence-corrected chi connectivity index (χ0v) is 14.7. The third kappa shape index (κ3) is 2.68. The van der Waals surface area contributed by atoms with E-state index < -0.39 is 24.6 Å². The molecule has 1 aromatic carbocycles. The van der Waals surface area contributed by atoms with E-state index in [1.54, 1.807) is 6.20 Å². The molecule has 0 aliphatic carbocycles. The highest BCUT2D eigenvalue weighted by atomic mass is 35.5. The Hall–Kier alpha value is -1.05. The highest BCUT2D eigenvalue weighted by Gasteiger charge is 2.52. The molecule has 2 heterocycles. The number of methoxy groups -OCH3 is 1. The van der Waals surface area contributed by atoms with E-state index in [2.05, 4.69) is 4.98 Å². The maximum atomic E-state index is 9.97. The van der Waals surface area contributed by atoms with Crippen LogP contribution in [0.3, 0.4) is 0 Å². The first-order chi connectivity index (χ1) is 10.7. The van der Waals surface area contributed by atoms with Crippen LogP contribution in [-0.4, -0.2) is 35.5 Å². The summed E-state index contributed by atoms with van der Waals surface area (Å²) in [6.45, 7) is 7.98. The van der Waals surface area contributed by atoms with Crippen LogP contribution in [0.1, 0.15) is 39.5 Å². The van der Waals surface area contributed by atoms with Crippen molar-refractivity contribution < 1.29 is 19.2 Å². The van der Waals surface area contributed by atoms with Crippen LogP contribution >= 0.6 is 11.6 Å². The lowest BCUT2D eigenvalue weighted by Gasteiger charge is -2.32. The molecule has 1 unspecified atom stereocenters. The van der Waals surface area contributed by atoms with E-state index in [4.69, 9.17) is 25.6 Å². The molecular weight excluding hydrogens is 316 g/mol. The minimum absolute atomic E-state index is 0.441. The van der Waals surface area contributed by atoms with Gasteiger partial charge in [0.05, 0.1) is 11.2 Å². The number of halogens is 1. The number of aromatic amines is 1.